The number of halogens is 3. The van der Waals surface area contributed by atoms with Gasteiger partial charge in [-0.25, -0.2) is 0 Å². The molecular weight excluding hydrogens is 371 g/mol. The quantitative estimate of drug-likeness (QED) is 0.633. The third-order valence-corrected chi connectivity index (χ3v) is 5.78. The Bertz CT molecular complexity index is 946. The third kappa shape index (κ3) is 4.38. The van der Waals surface area contributed by atoms with Gasteiger partial charge in [-0.2, -0.15) is 13.2 Å². The molecule has 1 nitrogen and oxygen atoms in total. The van der Waals surface area contributed by atoms with Gasteiger partial charge in [0.25, 0.3) is 0 Å². The van der Waals surface area contributed by atoms with Crippen molar-refractivity contribution in [3.63, 3.8) is 0 Å². The van der Waals surface area contributed by atoms with Gasteiger partial charge >= 0.3 is 6.18 Å². The SMILES string of the molecule is C[C@@H](Cc1cccc(C(F)(F)F)c1)[NH2+]C1c2ccccc2CCc2ccccc21. The maximum absolute atomic E-state index is 13.0. The van der Waals surface area contributed by atoms with Crippen LogP contribution in [-0.2, 0) is 25.4 Å². The lowest BCUT2D eigenvalue weighted by atomic mass is 9.93. The molecule has 0 spiro atoms. The number of nitrogens with two attached hydrogens (primary N) is 1. The van der Waals surface area contributed by atoms with E-state index in [0.717, 1.165) is 24.5 Å². The molecule has 0 saturated carbocycles. The van der Waals surface area contributed by atoms with Crippen LogP contribution in [0.2, 0.25) is 0 Å². The predicted molar refractivity (Wildman–Crippen MR) is 109 cm³/mol. The Labute approximate surface area is 169 Å². The van der Waals surface area contributed by atoms with Crippen molar-refractivity contribution in [2.45, 2.75) is 44.4 Å². The molecule has 3 aromatic rings. The molecule has 1 atom stereocenters. The van der Waals surface area contributed by atoms with Crippen LogP contribution < -0.4 is 5.32 Å². The van der Waals surface area contributed by atoms with E-state index in [1.54, 1.807) is 6.07 Å². The van der Waals surface area contributed by atoms with Crippen LogP contribution in [-0.4, -0.2) is 6.04 Å². The average molecular weight is 396 g/mol. The Hall–Kier alpha value is -2.59. The van der Waals surface area contributed by atoms with Crippen molar-refractivity contribution in [3.05, 3.63) is 106 Å². The lowest BCUT2D eigenvalue weighted by molar-refractivity contribution is -0.716. The van der Waals surface area contributed by atoms with Gasteiger partial charge in [0.2, 0.25) is 0 Å². The molecule has 1 aliphatic carbocycles. The molecule has 2 N–H and O–H groups in total. The number of benzene rings is 3. The molecule has 0 saturated heterocycles. The molecular formula is C25H25F3N+. The summed E-state index contributed by atoms with van der Waals surface area (Å²) in [6.07, 6.45) is -1.69. The van der Waals surface area contributed by atoms with Crippen molar-refractivity contribution in [3.8, 4) is 0 Å². The molecule has 0 unspecified atom stereocenters. The zero-order valence-corrected chi connectivity index (χ0v) is 16.4. The molecule has 150 valence electrons. The second kappa shape index (κ2) is 8.03. The van der Waals surface area contributed by atoms with Crippen molar-refractivity contribution >= 4 is 0 Å². The minimum absolute atomic E-state index is 0.141. The van der Waals surface area contributed by atoms with Gasteiger partial charge in [0.05, 0.1) is 11.6 Å². The first kappa shape index (κ1) is 19.7. The van der Waals surface area contributed by atoms with E-state index in [1.807, 2.05) is 0 Å². The largest absolute Gasteiger partial charge is 0.416 e. The summed E-state index contributed by atoms with van der Waals surface area (Å²) >= 11 is 0. The van der Waals surface area contributed by atoms with Gasteiger partial charge in [-0.15, -0.1) is 0 Å². The molecule has 0 fully saturated rings. The standard InChI is InChI=1S/C25H24F3N/c1-17(15-18-7-6-10-21(16-18)25(26,27)28)29-24-22-11-4-2-8-19(22)13-14-20-9-3-5-12-23(20)24/h2-12,16-17,24,29H,13-15H2,1H3/p+1/t17-/m0/s1. The predicted octanol–water partition coefficient (Wildman–Crippen LogP) is 5.09. The van der Waals surface area contributed by atoms with Crippen molar-refractivity contribution in [1.29, 1.82) is 0 Å². The van der Waals surface area contributed by atoms with Crippen molar-refractivity contribution in [2.75, 3.05) is 0 Å². The molecule has 4 heteroatoms. The fourth-order valence-electron chi connectivity index (χ4n) is 4.42. The third-order valence-electron chi connectivity index (χ3n) is 5.78. The number of hydrogen-bond acceptors (Lipinski definition) is 0. The van der Waals surface area contributed by atoms with Crippen LogP contribution in [0.25, 0.3) is 0 Å². The average Bonchev–Trinajstić information content (AvgIpc) is 2.85. The van der Waals surface area contributed by atoms with Crippen molar-refractivity contribution in [1.82, 2.24) is 0 Å². The summed E-state index contributed by atoms with van der Waals surface area (Å²) in [4.78, 5) is 0. The van der Waals surface area contributed by atoms with Crippen LogP contribution >= 0.6 is 0 Å². The Morgan fingerprint density at radius 2 is 1.45 bits per heavy atom. The fourth-order valence-corrected chi connectivity index (χ4v) is 4.42. The van der Waals surface area contributed by atoms with E-state index in [0.29, 0.717) is 6.42 Å². The van der Waals surface area contributed by atoms with E-state index in [9.17, 15) is 13.2 Å². The summed E-state index contributed by atoms with van der Waals surface area (Å²) < 4.78 is 39.1. The highest BCUT2D eigenvalue weighted by Gasteiger charge is 2.31. The number of quaternary nitrogens is 1. The molecule has 0 bridgehead atoms. The minimum atomic E-state index is -4.30. The second-order valence-corrected chi connectivity index (χ2v) is 7.95. The van der Waals surface area contributed by atoms with Crippen LogP contribution in [0, 0.1) is 0 Å². The van der Waals surface area contributed by atoms with E-state index in [4.69, 9.17) is 0 Å². The van der Waals surface area contributed by atoms with Gasteiger partial charge in [0, 0.05) is 17.5 Å². The highest BCUT2D eigenvalue weighted by molar-refractivity contribution is 5.42. The van der Waals surface area contributed by atoms with E-state index in [-0.39, 0.29) is 12.1 Å². The van der Waals surface area contributed by atoms with Crippen LogP contribution in [0.5, 0.6) is 0 Å². The first-order valence-corrected chi connectivity index (χ1v) is 10.1. The molecule has 3 aromatic carbocycles. The van der Waals surface area contributed by atoms with Crippen molar-refractivity contribution in [2.24, 2.45) is 0 Å². The smallest absolute Gasteiger partial charge is 0.334 e. The van der Waals surface area contributed by atoms with Gasteiger partial charge in [-0.3, -0.25) is 0 Å². The molecule has 1 aliphatic rings. The fraction of sp³-hybridized carbons (Fsp3) is 0.280. The van der Waals surface area contributed by atoms with E-state index < -0.39 is 11.7 Å². The van der Waals surface area contributed by atoms with Gasteiger partial charge < -0.3 is 5.32 Å². The summed E-state index contributed by atoms with van der Waals surface area (Å²) in [5.74, 6) is 0. The summed E-state index contributed by atoms with van der Waals surface area (Å²) in [5.41, 5.74) is 5.49. The molecule has 0 aliphatic heterocycles. The van der Waals surface area contributed by atoms with E-state index in [2.05, 4.69) is 60.8 Å². The monoisotopic (exact) mass is 396 g/mol. The molecule has 4 rings (SSSR count). The zero-order chi connectivity index (χ0) is 20.4. The Balaban J connectivity index is 1.61. The number of alkyl halides is 3. The Kier molecular flexibility index (Phi) is 5.46. The highest BCUT2D eigenvalue weighted by atomic mass is 19.4. The maximum atomic E-state index is 13.0. The summed E-state index contributed by atoms with van der Waals surface area (Å²) in [6.45, 7) is 2.09. The molecule has 29 heavy (non-hydrogen) atoms. The van der Waals surface area contributed by atoms with Crippen LogP contribution in [0.4, 0.5) is 13.2 Å². The highest BCUT2D eigenvalue weighted by Crippen LogP contribution is 2.31. The minimum Gasteiger partial charge on any atom is -0.334 e. The van der Waals surface area contributed by atoms with Gasteiger partial charge in [0.15, 0.2) is 0 Å². The summed E-state index contributed by atoms with van der Waals surface area (Å²) in [6, 6.07) is 23.1. The summed E-state index contributed by atoms with van der Waals surface area (Å²) in [5, 5.41) is 2.31. The topological polar surface area (TPSA) is 16.6 Å². The van der Waals surface area contributed by atoms with Crippen molar-refractivity contribution < 1.29 is 18.5 Å². The lowest BCUT2D eigenvalue weighted by Crippen LogP contribution is -2.90. The number of fused-ring (bicyclic) bond motifs is 2. The lowest BCUT2D eigenvalue weighted by Gasteiger charge is -2.23. The number of hydrogen-bond donors (Lipinski definition) is 1. The molecule has 0 amide bonds. The first-order valence-electron chi connectivity index (χ1n) is 10.1. The van der Waals surface area contributed by atoms with E-state index in [1.165, 1.54) is 34.4 Å². The van der Waals surface area contributed by atoms with Crippen LogP contribution in [0.15, 0.2) is 72.8 Å². The summed E-state index contributed by atoms with van der Waals surface area (Å²) in [7, 11) is 0. The molecule has 0 aromatic heterocycles. The molecule has 0 radical (unpaired) electrons. The van der Waals surface area contributed by atoms with Gasteiger partial charge in [0.1, 0.15) is 6.04 Å². The van der Waals surface area contributed by atoms with Crippen LogP contribution in [0.3, 0.4) is 0 Å². The molecule has 0 heterocycles. The first-order chi connectivity index (χ1) is 13.9. The number of aryl methyl sites for hydroxylation is 2. The normalized spacial score (nSPS) is 15.3. The second-order valence-electron chi connectivity index (χ2n) is 7.95. The Morgan fingerprint density at radius 3 is 2.03 bits per heavy atom. The zero-order valence-electron chi connectivity index (χ0n) is 16.4. The van der Waals surface area contributed by atoms with Gasteiger partial charge in [-0.05, 0) is 42.5 Å². The van der Waals surface area contributed by atoms with Gasteiger partial charge in [-0.1, -0.05) is 66.7 Å². The van der Waals surface area contributed by atoms with Crippen LogP contribution in [0.1, 0.15) is 46.3 Å². The number of rotatable bonds is 4. The van der Waals surface area contributed by atoms with E-state index >= 15 is 0 Å². The maximum Gasteiger partial charge on any atom is 0.416 e. The Morgan fingerprint density at radius 1 is 0.862 bits per heavy atom.